The van der Waals surface area contributed by atoms with Gasteiger partial charge in [0.2, 0.25) is 0 Å². The average Bonchev–Trinajstić information content (AvgIpc) is 3.36. The molecule has 2 heterocycles. The Morgan fingerprint density at radius 2 is 1.59 bits per heavy atom. The van der Waals surface area contributed by atoms with E-state index in [1.807, 2.05) is 12.1 Å². The minimum Gasteiger partial charge on any atom is -0.493 e. The normalized spacial score (nSPS) is 24.7. The highest BCUT2D eigenvalue weighted by atomic mass is 16.7. The van der Waals surface area contributed by atoms with Crippen LogP contribution in [0, 0.1) is 0 Å². The number of methoxy groups -OCH3 is 3. The van der Waals surface area contributed by atoms with E-state index in [0.717, 1.165) is 5.56 Å². The average molecular weight is 521 g/mol. The monoisotopic (exact) mass is 520 g/mol. The number of hydrogen-bond acceptors (Lipinski definition) is 11. The lowest BCUT2D eigenvalue weighted by molar-refractivity contribution is -0.301. The standard InChI is InChI=1S/C26H32O11/c1-32-17-5-4-13(9-19(17)33-2)18-11-15-8-14(10-20(34-3)25(15)36-18)16(28)6-7-35-26-24(31)23(30)22(29)21(12-27)37-26/h4-5,8-11,16,21-24,26-31H,6-7,12H2,1-3H3/t16?,21-,22-,23+,24-,26-/m1/s1. The Labute approximate surface area is 213 Å². The van der Waals surface area contributed by atoms with Crippen molar-refractivity contribution < 1.29 is 53.6 Å². The third-order valence-electron chi connectivity index (χ3n) is 6.40. The maximum Gasteiger partial charge on any atom is 0.186 e. The molecule has 4 rings (SSSR count). The highest BCUT2D eigenvalue weighted by Crippen LogP contribution is 2.39. The molecule has 2 aromatic carbocycles. The molecular formula is C26H32O11. The van der Waals surface area contributed by atoms with Crippen LogP contribution in [0.25, 0.3) is 22.3 Å². The molecule has 1 aromatic heterocycles. The van der Waals surface area contributed by atoms with Crippen LogP contribution in [-0.2, 0) is 9.47 Å². The molecule has 0 aliphatic carbocycles. The van der Waals surface area contributed by atoms with Crippen LogP contribution in [0.2, 0.25) is 0 Å². The second kappa shape index (κ2) is 11.7. The Morgan fingerprint density at radius 1 is 0.865 bits per heavy atom. The molecule has 0 bridgehead atoms. The molecule has 11 heteroatoms. The number of furan rings is 1. The van der Waals surface area contributed by atoms with Crippen LogP contribution in [0.3, 0.4) is 0 Å². The van der Waals surface area contributed by atoms with Crippen LogP contribution < -0.4 is 14.2 Å². The predicted molar refractivity (Wildman–Crippen MR) is 131 cm³/mol. The molecule has 1 fully saturated rings. The lowest BCUT2D eigenvalue weighted by Gasteiger charge is -2.39. The fraction of sp³-hybridized carbons (Fsp3) is 0.462. The summed E-state index contributed by atoms with van der Waals surface area (Å²) in [6, 6.07) is 10.7. The van der Waals surface area contributed by atoms with Gasteiger partial charge in [0, 0.05) is 17.4 Å². The van der Waals surface area contributed by atoms with Crippen LogP contribution in [0.4, 0.5) is 0 Å². The van der Waals surface area contributed by atoms with Crippen molar-refractivity contribution in [3.05, 3.63) is 42.0 Å². The predicted octanol–water partition coefficient (Wildman–Crippen LogP) is 1.37. The molecule has 37 heavy (non-hydrogen) atoms. The van der Waals surface area contributed by atoms with Crippen LogP contribution >= 0.6 is 0 Å². The SMILES string of the molecule is COc1ccc(-c2cc3cc(C(O)CCO[C@@H]4O[C@H](CO)[C@@H](O)[C@H](O)[C@H]4O)cc(OC)c3o2)cc1OC. The van der Waals surface area contributed by atoms with Crippen molar-refractivity contribution in [1.82, 2.24) is 0 Å². The number of fused-ring (bicyclic) bond motifs is 1. The summed E-state index contributed by atoms with van der Waals surface area (Å²) in [4.78, 5) is 0. The second-order valence-corrected chi connectivity index (χ2v) is 8.69. The number of rotatable bonds is 10. The third-order valence-corrected chi connectivity index (χ3v) is 6.40. The van der Waals surface area contributed by atoms with E-state index in [1.165, 1.54) is 7.11 Å². The topological polar surface area (TPSA) is 160 Å². The minimum absolute atomic E-state index is 0.0352. The Kier molecular flexibility index (Phi) is 8.55. The highest BCUT2D eigenvalue weighted by molar-refractivity contribution is 5.88. The molecular weight excluding hydrogens is 488 g/mol. The molecule has 1 unspecified atom stereocenters. The van der Waals surface area contributed by atoms with Crippen LogP contribution in [-0.4, -0.2) is 90.8 Å². The fourth-order valence-corrected chi connectivity index (χ4v) is 4.29. The quantitative estimate of drug-likeness (QED) is 0.263. The molecule has 1 saturated heterocycles. The summed E-state index contributed by atoms with van der Waals surface area (Å²) in [5.41, 5.74) is 1.84. The maximum absolute atomic E-state index is 10.8. The molecule has 11 nitrogen and oxygen atoms in total. The van der Waals surface area contributed by atoms with Crippen LogP contribution in [0.15, 0.2) is 40.8 Å². The maximum atomic E-state index is 10.8. The first-order valence-electron chi connectivity index (χ1n) is 11.7. The largest absolute Gasteiger partial charge is 0.493 e. The lowest BCUT2D eigenvalue weighted by atomic mass is 9.99. The number of aliphatic hydroxyl groups is 5. The van der Waals surface area contributed by atoms with E-state index in [0.29, 0.717) is 39.5 Å². The summed E-state index contributed by atoms with van der Waals surface area (Å²) in [5.74, 6) is 2.17. The van der Waals surface area contributed by atoms with Gasteiger partial charge in [-0.1, -0.05) is 0 Å². The Bertz CT molecular complexity index is 1190. The molecule has 1 aliphatic rings. The molecule has 1 aliphatic heterocycles. The summed E-state index contributed by atoms with van der Waals surface area (Å²) >= 11 is 0. The van der Waals surface area contributed by atoms with Crippen molar-refractivity contribution >= 4 is 11.0 Å². The van der Waals surface area contributed by atoms with E-state index in [1.54, 1.807) is 38.5 Å². The van der Waals surface area contributed by atoms with Gasteiger partial charge in [-0.3, -0.25) is 0 Å². The molecule has 5 N–H and O–H groups in total. The number of ether oxygens (including phenoxy) is 5. The summed E-state index contributed by atoms with van der Waals surface area (Å²) in [6.45, 7) is -0.588. The minimum atomic E-state index is -1.53. The first-order chi connectivity index (χ1) is 17.8. The zero-order valence-corrected chi connectivity index (χ0v) is 20.7. The molecule has 0 amide bonds. The highest BCUT2D eigenvalue weighted by Gasteiger charge is 2.44. The van der Waals surface area contributed by atoms with Gasteiger partial charge in [0.25, 0.3) is 0 Å². The Morgan fingerprint density at radius 3 is 2.27 bits per heavy atom. The Hall–Kier alpha value is -2.90. The van der Waals surface area contributed by atoms with Gasteiger partial charge in [0.1, 0.15) is 30.2 Å². The van der Waals surface area contributed by atoms with Gasteiger partial charge in [0.05, 0.1) is 40.6 Å². The van der Waals surface area contributed by atoms with Gasteiger partial charge in [-0.05, 0) is 42.0 Å². The van der Waals surface area contributed by atoms with Crippen molar-refractivity contribution in [3.63, 3.8) is 0 Å². The van der Waals surface area contributed by atoms with Crippen LogP contribution in [0.5, 0.6) is 17.2 Å². The number of benzene rings is 2. The first kappa shape index (κ1) is 27.1. The van der Waals surface area contributed by atoms with Crippen molar-refractivity contribution in [2.75, 3.05) is 34.5 Å². The zero-order valence-electron chi connectivity index (χ0n) is 20.7. The smallest absolute Gasteiger partial charge is 0.186 e. The Balaban J connectivity index is 1.49. The summed E-state index contributed by atoms with van der Waals surface area (Å²) in [7, 11) is 4.62. The number of hydrogen-bond donors (Lipinski definition) is 5. The van der Waals surface area contributed by atoms with E-state index in [4.69, 9.17) is 28.1 Å². The van der Waals surface area contributed by atoms with Crippen molar-refractivity contribution in [2.45, 2.75) is 43.2 Å². The van der Waals surface area contributed by atoms with Crippen LogP contribution in [0.1, 0.15) is 18.1 Å². The van der Waals surface area contributed by atoms with E-state index in [2.05, 4.69) is 0 Å². The molecule has 3 aromatic rings. The van der Waals surface area contributed by atoms with Crippen molar-refractivity contribution in [3.8, 4) is 28.6 Å². The fourth-order valence-electron chi connectivity index (χ4n) is 4.29. The van der Waals surface area contributed by atoms with Gasteiger partial charge < -0.3 is 53.6 Å². The molecule has 202 valence electrons. The van der Waals surface area contributed by atoms with Gasteiger partial charge >= 0.3 is 0 Å². The van der Waals surface area contributed by atoms with Crippen molar-refractivity contribution in [1.29, 1.82) is 0 Å². The van der Waals surface area contributed by atoms with E-state index in [-0.39, 0.29) is 13.0 Å². The van der Waals surface area contributed by atoms with Gasteiger partial charge in [0.15, 0.2) is 29.1 Å². The van der Waals surface area contributed by atoms with Crippen molar-refractivity contribution in [2.24, 2.45) is 0 Å². The first-order valence-corrected chi connectivity index (χ1v) is 11.7. The third kappa shape index (κ3) is 5.53. The van der Waals surface area contributed by atoms with Gasteiger partial charge in [-0.15, -0.1) is 0 Å². The molecule has 0 saturated carbocycles. The lowest BCUT2D eigenvalue weighted by Crippen LogP contribution is -2.59. The van der Waals surface area contributed by atoms with E-state index < -0.39 is 43.4 Å². The summed E-state index contributed by atoms with van der Waals surface area (Å²) in [5, 5.41) is 50.7. The zero-order chi connectivity index (χ0) is 26.7. The summed E-state index contributed by atoms with van der Waals surface area (Å²) < 4.78 is 33.1. The second-order valence-electron chi connectivity index (χ2n) is 8.69. The molecule has 0 spiro atoms. The van der Waals surface area contributed by atoms with E-state index in [9.17, 15) is 25.5 Å². The van der Waals surface area contributed by atoms with E-state index >= 15 is 0 Å². The number of aliphatic hydroxyl groups excluding tert-OH is 5. The molecule has 6 atom stereocenters. The van der Waals surface area contributed by atoms with Gasteiger partial charge in [-0.25, -0.2) is 0 Å². The summed E-state index contributed by atoms with van der Waals surface area (Å²) in [6.07, 6.45) is -7.67. The van der Waals surface area contributed by atoms with Gasteiger partial charge in [-0.2, -0.15) is 0 Å². The molecule has 0 radical (unpaired) electrons.